The molecule has 0 atom stereocenters. The molecule has 1 amide bonds. The van der Waals surface area contributed by atoms with Gasteiger partial charge in [0, 0.05) is 18.0 Å². The lowest BCUT2D eigenvalue weighted by molar-refractivity contribution is -0.117. The fourth-order valence-corrected chi connectivity index (χ4v) is 1.47. The monoisotopic (exact) mass is 283 g/mol. The zero-order valence-electron chi connectivity index (χ0n) is 11.0. The van der Waals surface area contributed by atoms with Gasteiger partial charge in [0.25, 0.3) is 5.91 Å². The SMILES string of the molecule is C=C(/C=C\C=C/N)C(=O)N/N=C1\N=C(N)c2nccnc21. The zero-order valence-corrected chi connectivity index (χ0v) is 11.0. The van der Waals surface area contributed by atoms with Gasteiger partial charge in [0.05, 0.1) is 0 Å². The molecule has 8 nitrogen and oxygen atoms in total. The molecule has 0 radical (unpaired) electrons. The number of amidine groups is 2. The van der Waals surface area contributed by atoms with Crippen LogP contribution in [0.1, 0.15) is 11.4 Å². The molecule has 0 aromatic carbocycles. The lowest BCUT2D eigenvalue weighted by atomic mass is 10.2. The van der Waals surface area contributed by atoms with Gasteiger partial charge in [-0.05, 0) is 18.4 Å². The van der Waals surface area contributed by atoms with E-state index in [9.17, 15) is 4.79 Å². The van der Waals surface area contributed by atoms with E-state index in [4.69, 9.17) is 11.5 Å². The molecule has 1 aliphatic rings. The van der Waals surface area contributed by atoms with Crippen LogP contribution in [0.3, 0.4) is 0 Å². The fraction of sp³-hybridized carbons (Fsp3) is 0. The number of rotatable bonds is 4. The largest absolute Gasteiger partial charge is 0.405 e. The van der Waals surface area contributed by atoms with Crippen LogP contribution in [0.15, 0.2) is 59.1 Å². The van der Waals surface area contributed by atoms with Crippen LogP contribution < -0.4 is 16.9 Å². The van der Waals surface area contributed by atoms with Gasteiger partial charge in [0.1, 0.15) is 11.4 Å². The van der Waals surface area contributed by atoms with Gasteiger partial charge in [-0.25, -0.2) is 20.4 Å². The Balaban J connectivity index is 2.09. The van der Waals surface area contributed by atoms with Crippen molar-refractivity contribution in [1.82, 2.24) is 15.4 Å². The Hall–Kier alpha value is -3.29. The van der Waals surface area contributed by atoms with Gasteiger partial charge in [-0.3, -0.25) is 4.79 Å². The molecule has 8 heteroatoms. The van der Waals surface area contributed by atoms with Crippen molar-refractivity contribution in [1.29, 1.82) is 0 Å². The molecule has 5 N–H and O–H groups in total. The minimum Gasteiger partial charge on any atom is -0.405 e. The third-order valence-corrected chi connectivity index (χ3v) is 2.45. The number of amides is 1. The molecule has 0 saturated carbocycles. The highest BCUT2D eigenvalue weighted by molar-refractivity contribution is 6.20. The number of carbonyl (C=O) groups excluding carboxylic acids is 1. The summed E-state index contributed by atoms with van der Waals surface area (Å²) in [5, 5.41) is 3.87. The third kappa shape index (κ3) is 3.18. The molecule has 0 unspecified atom stereocenters. The Morgan fingerprint density at radius 1 is 1.29 bits per heavy atom. The first kappa shape index (κ1) is 14.1. The van der Waals surface area contributed by atoms with Crippen molar-refractivity contribution in [3.8, 4) is 0 Å². The van der Waals surface area contributed by atoms with Gasteiger partial charge in [-0.1, -0.05) is 12.7 Å². The summed E-state index contributed by atoms with van der Waals surface area (Å²) in [5.74, 6) is -0.0734. The van der Waals surface area contributed by atoms with Crippen LogP contribution in [0.2, 0.25) is 0 Å². The van der Waals surface area contributed by atoms with Crippen LogP contribution in [-0.4, -0.2) is 27.5 Å². The molecule has 0 fully saturated rings. The van der Waals surface area contributed by atoms with Crippen molar-refractivity contribution in [2.24, 2.45) is 21.6 Å². The Morgan fingerprint density at radius 2 is 2.00 bits per heavy atom. The maximum atomic E-state index is 11.7. The van der Waals surface area contributed by atoms with Gasteiger partial charge >= 0.3 is 0 Å². The standard InChI is InChI=1S/C13H13N7O/c1-8(4-2-3-5-14)13(21)20-19-12-10-9(11(15)18-12)16-6-7-17-10/h2-7H,1,14H2,(H,20,21)(H2,15,18,19)/b4-2-,5-3-. The molecule has 106 valence electrons. The molecule has 1 aromatic heterocycles. The van der Waals surface area contributed by atoms with Crippen molar-refractivity contribution in [3.63, 3.8) is 0 Å². The number of aromatic nitrogens is 2. The highest BCUT2D eigenvalue weighted by Crippen LogP contribution is 2.11. The van der Waals surface area contributed by atoms with Gasteiger partial charge in [0.15, 0.2) is 5.84 Å². The van der Waals surface area contributed by atoms with Crippen molar-refractivity contribution < 1.29 is 4.79 Å². The fourth-order valence-electron chi connectivity index (χ4n) is 1.47. The minimum atomic E-state index is -0.477. The summed E-state index contributed by atoms with van der Waals surface area (Å²) in [6.45, 7) is 3.60. The number of nitrogens with two attached hydrogens (primary N) is 2. The maximum absolute atomic E-state index is 11.7. The molecule has 0 aliphatic carbocycles. The summed E-state index contributed by atoms with van der Waals surface area (Å²) in [7, 11) is 0. The summed E-state index contributed by atoms with van der Waals surface area (Å²) < 4.78 is 0. The van der Waals surface area contributed by atoms with Gasteiger partial charge in [-0.15, -0.1) is 0 Å². The van der Waals surface area contributed by atoms with Crippen LogP contribution in [0, 0.1) is 0 Å². The first-order chi connectivity index (χ1) is 10.1. The van der Waals surface area contributed by atoms with Crippen LogP contribution in [0.4, 0.5) is 0 Å². The number of nitrogens with one attached hydrogen (secondary N) is 1. The highest BCUT2D eigenvalue weighted by atomic mass is 16.2. The molecule has 2 heterocycles. The van der Waals surface area contributed by atoms with E-state index in [2.05, 4.69) is 32.1 Å². The Labute approximate surface area is 120 Å². The number of nitrogens with zero attached hydrogens (tertiary/aromatic N) is 4. The second-order valence-corrected chi connectivity index (χ2v) is 3.90. The first-order valence-electron chi connectivity index (χ1n) is 5.91. The molecular formula is C13H13N7O. The van der Waals surface area contributed by atoms with Crippen molar-refractivity contribution in [2.45, 2.75) is 0 Å². The summed E-state index contributed by atoms with van der Waals surface area (Å²) in [6, 6.07) is 0. The number of fused-ring (bicyclic) bond motifs is 1. The Morgan fingerprint density at radius 3 is 2.71 bits per heavy atom. The third-order valence-electron chi connectivity index (χ3n) is 2.45. The molecule has 2 rings (SSSR count). The average molecular weight is 283 g/mol. The quantitative estimate of drug-likeness (QED) is 0.391. The molecule has 1 aromatic rings. The van der Waals surface area contributed by atoms with Crippen LogP contribution >= 0.6 is 0 Å². The molecule has 1 aliphatic heterocycles. The van der Waals surface area contributed by atoms with Crippen LogP contribution in [-0.2, 0) is 4.79 Å². The van der Waals surface area contributed by atoms with Crippen molar-refractivity contribution in [2.75, 3.05) is 0 Å². The van der Waals surface area contributed by atoms with Gasteiger partial charge < -0.3 is 11.5 Å². The topological polar surface area (TPSA) is 132 Å². The lowest BCUT2D eigenvalue weighted by Gasteiger charge is -1.99. The van der Waals surface area contributed by atoms with Crippen LogP contribution in [0.25, 0.3) is 0 Å². The molecule has 0 saturated heterocycles. The Bertz CT molecular complexity index is 700. The van der Waals surface area contributed by atoms with Gasteiger partial charge in [-0.2, -0.15) is 5.10 Å². The first-order valence-corrected chi connectivity index (χ1v) is 5.91. The van der Waals surface area contributed by atoms with E-state index in [0.29, 0.717) is 11.4 Å². The predicted octanol–water partition coefficient (Wildman–Crippen LogP) is -0.442. The number of carbonyl (C=O) groups is 1. The highest BCUT2D eigenvalue weighted by Gasteiger charge is 2.22. The predicted molar refractivity (Wildman–Crippen MR) is 79.0 cm³/mol. The van der Waals surface area contributed by atoms with Crippen molar-refractivity contribution in [3.05, 3.63) is 60.4 Å². The number of hydrogen-bond acceptors (Lipinski definition) is 6. The number of aliphatic imine (C=N–C) groups is 1. The van der Waals surface area contributed by atoms with E-state index < -0.39 is 5.91 Å². The number of hydrogen-bond donors (Lipinski definition) is 3. The normalized spacial score (nSPS) is 15.4. The summed E-state index contributed by atoms with van der Waals surface area (Å²) in [6.07, 6.45) is 8.98. The molecule has 0 spiro atoms. The second kappa shape index (κ2) is 6.24. The van der Waals surface area contributed by atoms with Gasteiger partial charge in [0.2, 0.25) is 5.84 Å². The van der Waals surface area contributed by atoms with E-state index in [0.717, 1.165) is 0 Å². The number of allylic oxidation sites excluding steroid dienone is 2. The summed E-state index contributed by atoms with van der Waals surface area (Å²) >= 11 is 0. The van der Waals surface area contributed by atoms with Crippen LogP contribution in [0.5, 0.6) is 0 Å². The van der Waals surface area contributed by atoms with E-state index in [1.807, 2.05) is 0 Å². The maximum Gasteiger partial charge on any atom is 0.270 e. The van der Waals surface area contributed by atoms with Crippen molar-refractivity contribution >= 4 is 17.6 Å². The Kier molecular flexibility index (Phi) is 4.20. The van der Waals surface area contributed by atoms with E-state index in [1.54, 1.807) is 12.2 Å². The molecule has 21 heavy (non-hydrogen) atoms. The smallest absolute Gasteiger partial charge is 0.270 e. The summed E-state index contributed by atoms with van der Waals surface area (Å²) in [4.78, 5) is 23.9. The van der Waals surface area contributed by atoms with E-state index >= 15 is 0 Å². The summed E-state index contributed by atoms with van der Waals surface area (Å²) in [5.41, 5.74) is 14.3. The number of hydrazone groups is 1. The molecule has 0 bridgehead atoms. The lowest BCUT2D eigenvalue weighted by Crippen LogP contribution is -2.20. The molecular weight excluding hydrogens is 270 g/mol. The zero-order chi connectivity index (χ0) is 15.2. The second-order valence-electron chi connectivity index (χ2n) is 3.90. The minimum absolute atomic E-state index is 0.197. The average Bonchev–Trinajstić information content (AvgIpc) is 2.82. The van der Waals surface area contributed by atoms with E-state index in [-0.39, 0.29) is 17.2 Å². The van der Waals surface area contributed by atoms with E-state index in [1.165, 1.54) is 24.7 Å².